The minimum atomic E-state index is -4.43. The number of nitrogens with zero attached hydrogens (tertiary/aromatic N) is 2. The van der Waals surface area contributed by atoms with Gasteiger partial charge in [0.05, 0.1) is 0 Å². The van der Waals surface area contributed by atoms with E-state index in [-0.39, 0.29) is 5.88 Å². The lowest BCUT2D eigenvalue weighted by molar-refractivity contribution is -0.143. The molecule has 0 aromatic carbocycles. The second-order valence-electron chi connectivity index (χ2n) is 2.11. The topological polar surface area (TPSA) is 53.1 Å². The van der Waals surface area contributed by atoms with Gasteiger partial charge in [-0.3, -0.25) is 4.68 Å². The Labute approximate surface area is 65.7 Å². The molecule has 7 heteroatoms. The largest absolute Gasteiger partial charge is 0.433 e. The van der Waals surface area contributed by atoms with Crippen LogP contribution >= 0.6 is 0 Å². The van der Waals surface area contributed by atoms with Gasteiger partial charge in [-0.05, 0) is 0 Å². The van der Waals surface area contributed by atoms with E-state index in [1.54, 1.807) is 0 Å². The van der Waals surface area contributed by atoms with Crippen LogP contribution in [0.5, 0.6) is 5.88 Å². The fourth-order valence-electron chi connectivity index (χ4n) is 0.764. The summed E-state index contributed by atoms with van der Waals surface area (Å²) in [5.74, 6) is 4.37. The third kappa shape index (κ3) is 1.50. The van der Waals surface area contributed by atoms with Crippen LogP contribution in [0, 0.1) is 0 Å². The van der Waals surface area contributed by atoms with Crippen molar-refractivity contribution in [2.45, 2.75) is 6.18 Å². The van der Waals surface area contributed by atoms with Crippen molar-refractivity contribution in [2.24, 2.45) is 12.9 Å². The van der Waals surface area contributed by atoms with E-state index in [1.807, 2.05) is 0 Å². The average Bonchev–Trinajstić information content (AvgIpc) is 2.29. The average molecular weight is 181 g/mol. The number of aryl methyl sites for hydroxylation is 1. The highest BCUT2D eigenvalue weighted by atomic mass is 19.4. The molecule has 0 unspecified atom stereocenters. The Kier molecular flexibility index (Phi) is 1.97. The third-order valence-electron chi connectivity index (χ3n) is 1.27. The third-order valence-corrected chi connectivity index (χ3v) is 1.27. The van der Waals surface area contributed by atoms with Crippen molar-refractivity contribution in [1.82, 2.24) is 9.78 Å². The van der Waals surface area contributed by atoms with Gasteiger partial charge in [-0.2, -0.15) is 19.1 Å². The molecule has 1 rings (SSSR count). The molecule has 0 amide bonds. The van der Waals surface area contributed by atoms with Crippen molar-refractivity contribution in [3.05, 3.63) is 11.8 Å². The van der Waals surface area contributed by atoms with Crippen LogP contribution < -0.4 is 10.7 Å². The molecule has 0 saturated heterocycles. The molecule has 12 heavy (non-hydrogen) atoms. The maximum atomic E-state index is 12.0. The van der Waals surface area contributed by atoms with E-state index >= 15 is 0 Å². The Bertz CT molecular complexity index is 280. The minimum Gasteiger partial charge on any atom is -0.390 e. The SMILES string of the molecule is Cn1nc(ON)cc1C(F)(F)F. The molecule has 1 aromatic rings. The van der Waals surface area contributed by atoms with Gasteiger partial charge >= 0.3 is 6.18 Å². The molecule has 1 aromatic heterocycles. The van der Waals surface area contributed by atoms with Crippen LogP contribution in [-0.2, 0) is 13.2 Å². The van der Waals surface area contributed by atoms with Gasteiger partial charge in [0.25, 0.3) is 5.88 Å². The monoisotopic (exact) mass is 181 g/mol. The van der Waals surface area contributed by atoms with Crippen LogP contribution in [0.3, 0.4) is 0 Å². The summed E-state index contributed by atoms with van der Waals surface area (Å²) < 4.78 is 36.8. The molecule has 0 fully saturated rings. The van der Waals surface area contributed by atoms with Gasteiger partial charge in [0.1, 0.15) is 5.69 Å². The second kappa shape index (κ2) is 2.67. The molecule has 4 nitrogen and oxygen atoms in total. The van der Waals surface area contributed by atoms with Crippen LogP contribution in [0.4, 0.5) is 13.2 Å². The van der Waals surface area contributed by atoms with Gasteiger partial charge in [0, 0.05) is 13.1 Å². The summed E-state index contributed by atoms with van der Waals surface area (Å²) in [4.78, 5) is 4.04. The first-order valence-corrected chi connectivity index (χ1v) is 2.93. The summed E-state index contributed by atoms with van der Waals surface area (Å²) in [6, 6.07) is 0.722. The summed E-state index contributed by atoms with van der Waals surface area (Å²) in [5.41, 5.74) is -0.900. The van der Waals surface area contributed by atoms with E-state index in [4.69, 9.17) is 0 Å². The standard InChI is InChI=1S/C5H6F3N3O/c1-11-3(5(6,7)8)2-4(10-11)12-9/h2H,9H2,1H3. The first-order chi connectivity index (χ1) is 5.45. The molecule has 0 aliphatic rings. The van der Waals surface area contributed by atoms with Crippen molar-refractivity contribution >= 4 is 0 Å². The molecule has 0 saturated carbocycles. The Hall–Kier alpha value is -1.24. The maximum Gasteiger partial charge on any atom is 0.433 e. The predicted octanol–water partition coefficient (Wildman–Crippen LogP) is 0.691. The molecule has 1 heterocycles. The highest BCUT2D eigenvalue weighted by molar-refractivity contribution is 5.17. The molecule has 0 aliphatic carbocycles. The zero-order valence-corrected chi connectivity index (χ0v) is 6.09. The van der Waals surface area contributed by atoms with Crippen LogP contribution in [0.1, 0.15) is 5.69 Å². The van der Waals surface area contributed by atoms with E-state index in [2.05, 4.69) is 15.8 Å². The molecule has 0 radical (unpaired) electrons. The zero-order chi connectivity index (χ0) is 9.35. The molecule has 0 atom stereocenters. The molecule has 0 spiro atoms. The van der Waals surface area contributed by atoms with Gasteiger partial charge in [-0.15, -0.1) is 5.10 Å². The van der Waals surface area contributed by atoms with Gasteiger partial charge in [0.2, 0.25) is 0 Å². The van der Waals surface area contributed by atoms with E-state index in [0.717, 1.165) is 13.1 Å². The number of hydrogen-bond acceptors (Lipinski definition) is 3. The first-order valence-electron chi connectivity index (χ1n) is 2.93. The number of alkyl halides is 3. The molecule has 68 valence electrons. The fraction of sp³-hybridized carbons (Fsp3) is 0.400. The van der Waals surface area contributed by atoms with Gasteiger partial charge < -0.3 is 4.84 Å². The van der Waals surface area contributed by atoms with E-state index in [0.29, 0.717) is 4.68 Å². The summed E-state index contributed by atoms with van der Waals surface area (Å²) in [6.07, 6.45) is -4.43. The van der Waals surface area contributed by atoms with Gasteiger partial charge in [-0.1, -0.05) is 0 Å². The Balaban J connectivity index is 3.08. The number of nitrogens with two attached hydrogens (primary N) is 1. The van der Waals surface area contributed by atoms with Gasteiger partial charge in [0.15, 0.2) is 0 Å². The van der Waals surface area contributed by atoms with E-state index in [9.17, 15) is 13.2 Å². The van der Waals surface area contributed by atoms with Crippen LogP contribution in [-0.4, -0.2) is 9.78 Å². The van der Waals surface area contributed by atoms with Crippen LogP contribution in [0.15, 0.2) is 6.07 Å². The first kappa shape index (κ1) is 8.85. The summed E-state index contributed by atoms with van der Waals surface area (Å²) in [5, 5.41) is 3.35. The minimum absolute atomic E-state index is 0.259. The number of rotatable bonds is 1. The van der Waals surface area contributed by atoms with Gasteiger partial charge in [-0.25, -0.2) is 0 Å². The Morgan fingerprint density at radius 3 is 2.42 bits per heavy atom. The maximum absolute atomic E-state index is 12.0. The van der Waals surface area contributed by atoms with E-state index in [1.165, 1.54) is 0 Å². The van der Waals surface area contributed by atoms with Crippen LogP contribution in [0.25, 0.3) is 0 Å². The Morgan fingerprint density at radius 2 is 2.17 bits per heavy atom. The molecular formula is C5H6F3N3O. The lowest BCUT2D eigenvalue weighted by Gasteiger charge is -2.04. The lowest BCUT2D eigenvalue weighted by Crippen LogP contribution is -2.11. The fourth-order valence-corrected chi connectivity index (χ4v) is 0.764. The van der Waals surface area contributed by atoms with E-state index < -0.39 is 11.9 Å². The quantitative estimate of drug-likeness (QED) is 0.648. The smallest absolute Gasteiger partial charge is 0.390 e. The molecule has 0 aliphatic heterocycles. The zero-order valence-electron chi connectivity index (χ0n) is 6.09. The highest BCUT2D eigenvalue weighted by Crippen LogP contribution is 2.30. The normalized spacial score (nSPS) is 11.8. The van der Waals surface area contributed by atoms with Crippen molar-refractivity contribution in [3.8, 4) is 5.88 Å². The summed E-state index contributed by atoms with van der Waals surface area (Å²) in [7, 11) is 1.16. The number of hydrogen-bond donors (Lipinski definition) is 1. The lowest BCUT2D eigenvalue weighted by atomic mass is 10.4. The highest BCUT2D eigenvalue weighted by Gasteiger charge is 2.35. The predicted molar refractivity (Wildman–Crippen MR) is 33.0 cm³/mol. The van der Waals surface area contributed by atoms with Crippen molar-refractivity contribution in [2.75, 3.05) is 0 Å². The van der Waals surface area contributed by atoms with Crippen molar-refractivity contribution in [3.63, 3.8) is 0 Å². The van der Waals surface area contributed by atoms with Crippen molar-refractivity contribution in [1.29, 1.82) is 0 Å². The molecule has 2 N–H and O–H groups in total. The van der Waals surface area contributed by atoms with Crippen molar-refractivity contribution < 1.29 is 18.0 Å². The second-order valence-corrected chi connectivity index (χ2v) is 2.11. The number of aromatic nitrogens is 2. The molecule has 0 bridgehead atoms. The summed E-state index contributed by atoms with van der Waals surface area (Å²) >= 11 is 0. The van der Waals surface area contributed by atoms with Crippen LogP contribution in [0.2, 0.25) is 0 Å². The summed E-state index contributed by atoms with van der Waals surface area (Å²) in [6.45, 7) is 0. The Morgan fingerprint density at radius 1 is 1.58 bits per heavy atom. The molecular weight excluding hydrogens is 175 g/mol. The number of halogens is 3.